The van der Waals surface area contributed by atoms with Crippen LogP contribution in [0.3, 0.4) is 0 Å². The molecule has 23 heavy (non-hydrogen) atoms. The minimum absolute atomic E-state index is 0.0928. The summed E-state index contributed by atoms with van der Waals surface area (Å²) in [7, 11) is 0. The highest BCUT2D eigenvalue weighted by Gasteiger charge is 2.06. The number of hydrogen-bond acceptors (Lipinski definition) is 6. The molecule has 0 spiro atoms. The van der Waals surface area contributed by atoms with Crippen LogP contribution in [-0.4, -0.2) is 31.1 Å². The zero-order valence-electron chi connectivity index (χ0n) is 11.8. The van der Waals surface area contributed by atoms with Gasteiger partial charge in [0, 0.05) is 29.7 Å². The van der Waals surface area contributed by atoms with E-state index < -0.39 is 5.97 Å². The van der Waals surface area contributed by atoms with Crippen molar-refractivity contribution in [2.45, 2.75) is 0 Å². The minimum atomic E-state index is -1.00. The predicted molar refractivity (Wildman–Crippen MR) is 83.6 cm³/mol. The van der Waals surface area contributed by atoms with Crippen LogP contribution in [0.1, 0.15) is 10.4 Å². The number of aromatic carboxylic acids is 1. The highest BCUT2D eigenvalue weighted by molar-refractivity contribution is 5.89. The average molecular weight is 308 g/mol. The first-order chi connectivity index (χ1) is 11.1. The number of aromatic nitrogens is 3. The number of aromatic hydroxyl groups is 1. The van der Waals surface area contributed by atoms with Crippen LogP contribution in [0, 0.1) is 0 Å². The number of nitrogens with zero attached hydrogens (tertiary/aromatic N) is 3. The zero-order chi connectivity index (χ0) is 16.2. The molecule has 0 amide bonds. The average Bonchev–Trinajstić information content (AvgIpc) is 2.55. The molecule has 7 nitrogen and oxygen atoms in total. The van der Waals surface area contributed by atoms with Crippen LogP contribution in [0.5, 0.6) is 5.88 Å². The van der Waals surface area contributed by atoms with E-state index in [9.17, 15) is 9.90 Å². The van der Waals surface area contributed by atoms with Gasteiger partial charge in [-0.2, -0.15) is 0 Å². The summed E-state index contributed by atoms with van der Waals surface area (Å²) in [5.41, 5.74) is 2.04. The van der Waals surface area contributed by atoms with Crippen LogP contribution in [0.2, 0.25) is 0 Å². The van der Waals surface area contributed by atoms with E-state index >= 15 is 0 Å². The van der Waals surface area contributed by atoms with Gasteiger partial charge in [0.05, 0.1) is 11.3 Å². The molecule has 1 aromatic carbocycles. The molecule has 3 N–H and O–H groups in total. The third kappa shape index (κ3) is 3.41. The fourth-order valence-electron chi connectivity index (χ4n) is 2.02. The van der Waals surface area contributed by atoms with Crippen LogP contribution < -0.4 is 5.32 Å². The summed E-state index contributed by atoms with van der Waals surface area (Å²) in [6.45, 7) is 0. The second-order valence-corrected chi connectivity index (χ2v) is 4.68. The zero-order valence-corrected chi connectivity index (χ0v) is 11.8. The number of carboxylic acid groups (broad SMARTS) is 1. The highest BCUT2D eigenvalue weighted by atomic mass is 16.4. The number of benzene rings is 1. The molecule has 3 aromatic rings. The molecular formula is C16H12N4O3. The molecule has 7 heteroatoms. The Labute approximate surface area is 131 Å². The molecule has 2 aromatic heterocycles. The number of rotatable bonds is 4. The van der Waals surface area contributed by atoms with Gasteiger partial charge in [-0.3, -0.25) is 0 Å². The fraction of sp³-hybridized carbons (Fsp3) is 0. The van der Waals surface area contributed by atoms with E-state index in [2.05, 4.69) is 20.3 Å². The molecule has 0 atom stereocenters. The summed E-state index contributed by atoms with van der Waals surface area (Å²) >= 11 is 0. The number of hydrogen-bond donors (Lipinski definition) is 3. The van der Waals surface area contributed by atoms with Crippen molar-refractivity contribution in [1.82, 2.24) is 15.0 Å². The molecule has 3 rings (SSSR count). The monoisotopic (exact) mass is 308 g/mol. The lowest BCUT2D eigenvalue weighted by molar-refractivity contribution is 0.0697. The Morgan fingerprint density at radius 2 is 1.87 bits per heavy atom. The quantitative estimate of drug-likeness (QED) is 0.680. The van der Waals surface area contributed by atoms with Crippen molar-refractivity contribution >= 4 is 17.6 Å². The maximum Gasteiger partial charge on any atom is 0.335 e. The van der Waals surface area contributed by atoms with Gasteiger partial charge in [0.15, 0.2) is 0 Å². The van der Waals surface area contributed by atoms with Crippen molar-refractivity contribution in [3.05, 3.63) is 60.4 Å². The second-order valence-electron chi connectivity index (χ2n) is 4.68. The Hall–Kier alpha value is -3.48. The largest absolute Gasteiger partial charge is 0.493 e. The Morgan fingerprint density at radius 1 is 1.04 bits per heavy atom. The third-order valence-corrected chi connectivity index (χ3v) is 3.06. The molecule has 0 radical (unpaired) electrons. The van der Waals surface area contributed by atoms with Gasteiger partial charge in [0.25, 0.3) is 0 Å². The van der Waals surface area contributed by atoms with Gasteiger partial charge in [0.2, 0.25) is 11.8 Å². The van der Waals surface area contributed by atoms with Crippen LogP contribution in [0.15, 0.2) is 54.9 Å². The molecule has 0 saturated carbocycles. The van der Waals surface area contributed by atoms with E-state index in [1.54, 1.807) is 30.5 Å². The van der Waals surface area contributed by atoms with Crippen molar-refractivity contribution in [1.29, 1.82) is 0 Å². The first-order valence-corrected chi connectivity index (χ1v) is 6.70. The van der Waals surface area contributed by atoms with Gasteiger partial charge >= 0.3 is 5.97 Å². The van der Waals surface area contributed by atoms with Crippen LogP contribution >= 0.6 is 0 Å². The van der Waals surface area contributed by atoms with Gasteiger partial charge in [0.1, 0.15) is 0 Å². The van der Waals surface area contributed by atoms with E-state index in [0.29, 0.717) is 22.9 Å². The lowest BCUT2D eigenvalue weighted by Crippen LogP contribution is -2.00. The molecule has 114 valence electrons. The molecule has 0 aliphatic carbocycles. The lowest BCUT2D eigenvalue weighted by Gasteiger charge is -2.07. The van der Waals surface area contributed by atoms with Crippen LogP contribution in [-0.2, 0) is 0 Å². The summed E-state index contributed by atoms with van der Waals surface area (Å²) < 4.78 is 0. The van der Waals surface area contributed by atoms with E-state index in [0.717, 1.165) is 0 Å². The highest BCUT2D eigenvalue weighted by Crippen LogP contribution is 2.21. The van der Waals surface area contributed by atoms with E-state index in [1.807, 2.05) is 0 Å². The number of nitrogens with one attached hydrogen (secondary N) is 1. The van der Waals surface area contributed by atoms with Gasteiger partial charge in [-0.1, -0.05) is 6.07 Å². The van der Waals surface area contributed by atoms with Crippen molar-refractivity contribution in [3.63, 3.8) is 0 Å². The standard InChI is InChI=1S/C16H12N4O3/c21-14-9-10(4-6-17-14)13-5-7-18-16(20-13)19-12-3-1-2-11(8-12)15(22)23/h1-9H,(H,17,21)(H,22,23)(H,18,19,20). The summed E-state index contributed by atoms with van der Waals surface area (Å²) in [5.74, 6) is -0.776. The van der Waals surface area contributed by atoms with Gasteiger partial charge in [-0.25, -0.2) is 19.7 Å². The first kappa shape index (κ1) is 14.5. The number of carboxylic acids is 1. The lowest BCUT2D eigenvalue weighted by atomic mass is 10.2. The maximum atomic E-state index is 11.0. The third-order valence-electron chi connectivity index (χ3n) is 3.06. The maximum absolute atomic E-state index is 11.0. The fourth-order valence-corrected chi connectivity index (χ4v) is 2.02. The van der Waals surface area contributed by atoms with E-state index in [-0.39, 0.29) is 11.4 Å². The molecule has 0 aliphatic heterocycles. The molecular weight excluding hydrogens is 296 g/mol. The van der Waals surface area contributed by atoms with Crippen molar-refractivity contribution in [2.75, 3.05) is 5.32 Å². The minimum Gasteiger partial charge on any atom is -0.493 e. The smallest absolute Gasteiger partial charge is 0.335 e. The Kier molecular flexibility index (Phi) is 3.84. The topological polar surface area (TPSA) is 108 Å². The van der Waals surface area contributed by atoms with Crippen LogP contribution in [0.25, 0.3) is 11.3 Å². The van der Waals surface area contributed by atoms with Gasteiger partial charge < -0.3 is 15.5 Å². The van der Waals surface area contributed by atoms with Gasteiger partial charge in [-0.15, -0.1) is 0 Å². The van der Waals surface area contributed by atoms with Crippen molar-refractivity contribution < 1.29 is 15.0 Å². The predicted octanol–water partition coefficient (Wildman–Crippen LogP) is 2.69. The number of pyridine rings is 1. The van der Waals surface area contributed by atoms with E-state index in [1.165, 1.54) is 24.4 Å². The van der Waals surface area contributed by atoms with Gasteiger partial charge in [-0.05, 0) is 30.3 Å². The summed E-state index contributed by atoms with van der Waals surface area (Å²) in [6.07, 6.45) is 3.05. The Balaban J connectivity index is 1.88. The second kappa shape index (κ2) is 6.10. The van der Waals surface area contributed by atoms with Crippen LogP contribution in [0.4, 0.5) is 11.6 Å². The molecule has 0 aliphatic rings. The molecule has 0 saturated heterocycles. The summed E-state index contributed by atoms with van der Waals surface area (Å²) in [4.78, 5) is 23.2. The Bertz CT molecular complexity index is 867. The summed E-state index contributed by atoms with van der Waals surface area (Å²) in [6, 6.07) is 11.3. The molecule has 0 unspecified atom stereocenters. The molecule has 0 fully saturated rings. The first-order valence-electron chi connectivity index (χ1n) is 6.70. The van der Waals surface area contributed by atoms with Crippen molar-refractivity contribution in [3.8, 4) is 17.1 Å². The Morgan fingerprint density at radius 3 is 2.65 bits per heavy atom. The molecule has 0 bridgehead atoms. The SMILES string of the molecule is O=C(O)c1cccc(Nc2nccc(-c3ccnc(O)c3)n2)c1. The van der Waals surface area contributed by atoms with Crippen molar-refractivity contribution in [2.24, 2.45) is 0 Å². The number of carbonyl (C=O) groups is 1. The summed E-state index contributed by atoms with van der Waals surface area (Å²) in [5, 5.41) is 21.4. The number of anilines is 2. The normalized spacial score (nSPS) is 10.3. The van der Waals surface area contributed by atoms with E-state index in [4.69, 9.17) is 5.11 Å². The molecule has 2 heterocycles.